The van der Waals surface area contributed by atoms with Crippen LogP contribution < -0.4 is 5.32 Å². The second-order valence-corrected chi connectivity index (χ2v) is 5.83. The van der Waals surface area contributed by atoms with Crippen LogP contribution in [0.1, 0.15) is 47.0 Å². The van der Waals surface area contributed by atoms with Crippen molar-refractivity contribution in [1.82, 2.24) is 10.2 Å². The summed E-state index contributed by atoms with van der Waals surface area (Å²) in [5.41, 5.74) is 0.593. The molecule has 0 bridgehead atoms. The van der Waals surface area contributed by atoms with Crippen LogP contribution in [-0.2, 0) is 0 Å². The number of piperidine rings is 1. The quantitative estimate of drug-likeness (QED) is 0.749. The molecule has 0 aromatic rings. The van der Waals surface area contributed by atoms with Gasteiger partial charge in [-0.1, -0.05) is 27.7 Å². The molecular formula is C14H30N2. The summed E-state index contributed by atoms with van der Waals surface area (Å²) in [4.78, 5) is 2.65. The molecule has 0 aromatic heterocycles. The molecule has 2 heteroatoms. The van der Waals surface area contributed by atoms with Crippen molar-refractivity contribution >= 4 is 0 Å². The molecule has 1 aliphatic rings. The third kappa shape index (κ3) is 4.06. The third-order valence-corrected chi connectivity index (χ3v) is 4.04. The Kier molecular flexibility index (Phi) is 5.77. The fourth-order valence-corrected chi connectivity index (χ4v) is 2.88. The Balaban J connectivity index is 2.51. The second kappa shape index (κ2) is 6.61. The van der Waals surface area contributed by atoms with Crippen LogP contribution in [0.25, 0.3) is 0 Å². The molecule has 0 aromatic carbocycles. The zero-order valence-electron chi connectivity index (χ0n) is 11.7. The summed E-state index contributed by atoms with van der Waals surface area (Å²) in [5.74, 6) is 0.788. The van der Waals surface area contributed by atoms with E-state index in [1.807, 2.05) is 0 Å². The van der Waals surface area contributed by atoms with Gasteiger partial charge in [0.25, 0.3) is 0 Å². The van der Waals surface area contributed by atoms with Gasteiger partial charge in [0.15, 0.2) is 0 Å². The highest BCUT2D eigenvalue weighted by Crippen LogP contribution is 2.33. The zero-order valence-corrected chi connectivity index (χ0v) is 11.7. The van der Waals surface area contributed by atoms with Crippen molar-refractivity contribution in [3.8, 4) is 0 Å². The summed E-state index contributed by atoms with van der Waals surface area (Å²) in [6.45, 7) is 15.5. The van der Waals surface area contributed by atoms with E-state index in [2.05, 4.69) is 37.9 Å². The maximum absolute atomic E-state index is 3.49. The molecule has 0 saturated carbocycles. The molecule has 2 nitrogen and oxygen atoms in total. The van der Waals surface area contributed by atoms with Gasteiger partial charge in [0.1, 0.15) is 0 Å². The minimum atomic E-state index is 0.593. The van der Waals surface area contributed by atoms with Gasteiger partial charge >= 0.3 is 0 Å². The topological polar surface area (TPSA) is 15.3 Å². The van der Waals surface area contributed by atoms with Crippen LogP contribution in [0.15, 0.2) is 0 Å². The molecule has 1 aliphatic heterocycles. The maximum atomic E-state index is 3.49. The van der Waals surface area contributed by atoms with Crippen LogP contribution in [-0.4, -0.2) is 37.6 Å². The van der Waals surface area contributed by atoms with Crippen molar-refractivity contribution < 1.29 is 0 Å². The van der Waals surface area contributed by atoms with Crippen molar-refractivity contribution in [1.29, 1.82) is 0 Å². The van der Waals surface area contributed by atoms with Crippen molar-refractivity contribution in [2.45, 2.75) is 47.0 Å². The van der Waals surface area contributed by atoms with E-state index in [1.165, 1.54) is 52.0 Å². The maximum Gasteiger partial charge on any atom is 0.00388 e. The molecule has 1 fully saturated rings. The number of hydrogen-bond donors (Lipinski definition) is 1. The van der Waals surface area contributed by atoms with Crippen LogP contribution in [0.2, 0.25) is 0 Å². The van der Waals surface area contributed by atoms with Gasteiger partial charge in [0, 0.05) is 13.1 Å². The lowest BCUT2D eigenvalue weighted by Gasteiger charge is -2.41. The first-order valence-electron chi connectivity index (χ1n) is 7.05. The molecular weight excluding hydrogens is 196 g/mol. The number of rotatable bonds is 6. The standard InChI is InChI=1S/C14H30N2/c1-5-14(7-9-15-10-8-14)12-16(6-2)11-13(3)4/h13,15H,5-12H2,1-4H3. The van der Waals surface area contributed by atoms with Crippen molar-refractivity contribution in [2.75, 3.05) is 32.7 Å². The molecule has 0 aliphatic carbocycles. The third-order valence-electron chi connectivity index (χ3n) is 4.04. The van der Waals surface area contributed by atoms with Crippen molar-refractivity contribution in [3.63, 3.8) is 0 Å². The van der Waals surface area contributed by atoms with E-state index in [-0.39, 0.29) is 0 Å². The molecule has 1 rings (SSSR count). The summed E-state index contributed by atoms with van der Waals surface area (Å²) in [7, 11) is 0. The molecule has 0 unspecified atom stereocenters. The van der Waals surface area contributed by atoms with E-state index < -0.39 is 0 Å². The van der Waals surface area contributed by atoms with Crippen LogP contribution in [0.3, 0.4) is 0 Å². The van der Waals surface area contributed by atoms with Gasteiger partial charge in [-0.15, -0.1) is 0 Å². The highest BCUT2D eigenvalue weighted by molar-refractivity contribution is 4.86. The van der Waals surface area contributed by atoms with E-state index in [4.69, 9.17) is 0 Å². The van der Waals surface area contributed by atoms with Crippen LogP contribution in [0.5, 0.6) is 0 Å². The summed E-state index contributed by atoms with van der Waals surface area (Å²) in [6, 6.07) is 0. The lowest BCUT2D eigenvalue weighted by Crippen LogP contribution is -2.45. The van der Waals surface area contributed by atoms with E-state index in [0.717, 1.165) is 5.92 Å². The van der Waals surface area contributed by atoms with Crippen LogP contribution >= 0.6 is 0 Å². The smallest absolute Gasteiger partial charge is 0.00388 e. The highest BCUT2D eigenvalue weighted by Gasteiger charge is 2.31. The average Bonchev–Trinajstić information content (AvgIpc) is 2.29. The molecule has 0 radical (unpaired) electrons. The predicted molar refractivity (Wildman–Crippen MR) is 71.8 cm³/mol. The Morgan fingerprint density at radius 3 is 2.25 bits per heavy atom. The first-order valence-corrected chi connectivity index (χ1v) is 7.05. The Bertz CT molecular complexity index is 183. The summed E-state index contributed by atoms with van der Waals surface area (Å²) >= 11 is 0. The van der Waals surface area contributed by atoms with E-state index >= 15 is 0 Å². The highest BCUT2D eigenvalue weighted by atomic mass is 15.1. The molecule has 0 amide bonds. The van der Waals surface area contributed by atoms with Gasteiger partial charge in [-0.05, 0) is 50.2 Å². The minimum Gasteiger partial charge on any atom is -0.317 e. The average molecular weight is 226 g/mol. The Labute approximate surface area is 102 Å². The molecule has 1 saturated heterocycles. The Hall–Kier alpha value is -0.0800. The van der Waals surface area contributed by atoms with Crippen LogP contribution in [0.4, 0.5) is 0 Å². The van der Waals surface area contributed by atoms with E-state index in [9.17, 15) is 0 Å². The van der Waals surface area contributed by atoms with Crippen molar-refractivity contribution in [2.24, 2.45) is 11.3 Å². The van der Waals surface area contributed by atoms with Gasteiger partial charge < -0.3 is 10.2 Å². The van der Waals surface area contributed by atoms with E-state index in [1.54, 1.807) is 0 Å². The molecule has 96 valence electrons. The predicted octanol–water partition coefficient (Wildman–Crippen LogP) is 2.74. The van der Waals surface area contributed by atoms with Crippen LogP contribution in [0, 0.1) is 11.3 Å². The zero-order chi connectivity index (χ0) is 12.0. The first-order chi connectivity index (χ1) is 7.62. The fraction of sp³-hybridized carbons (Fsp3) is 1.00. The Morgan fingerprint density at radius 2 is 1.81 bits per heavy atom. The van der Waals surface area contributed by atoms with Gasteiger partial charge in [-0.25, -0.2) is 0 Å². The summed E-state index contributed by atoms with van der Waals surface area (Å²) in [5, 5.41) is 3.49. The van der Waals surface area contributed by atoms with Crippen molar-refractivity contribution in [3.05, 3.63) is 0 Å². The summed E-state index contributed by atoms with van der Waals surface area (Å²) < 4.78 is 0. The van der Waals surface area contributed by atoms with Gasteiger partial charge in [0.05, 0.1) is 0 Å². The molecule has 0 spiro atoms. The lowest BCUT2D eigenvalue weighted by molar-refractivity contribution is 0.102. The largest absolute Gasteiger partial charge is 0.317 e. The lowest BCUT2D eigenvalue weighted by atomic mass is 9.76. The SMILES string of the molecule is CCN(CC(C)C)CC1(CC)CCNCC1. The van der Waals surface area contributed by atoms with E-state index in [0.29, 0.717) is 5.41 Å². The normalized spacial score (nSPS) is 20.6. The molecule has 1 N–H and O–H groups in total. The van der Waals surface area contributed by atoms with Gasteiger partial charge in [-0.2, -0.15) is 0 Å². The fourth-order valence-electron chi connectivity index (χ4n) is 2.88. The Morgan fingerprint density at radius 1 is 1.19 bits per heavy atom. The van der Waals surface area contributed by atoms with Gasteiger partial charge in [0.2, 0.25) is 0 Å². The molecule has 1 heterocycles. The number of hydrogen-bond acceptors (Lipinski definition) is 2. The first kappa shape index (κ1) is 14.0. The van der Waals surface area contributed by atoms with Gasteiger partial charge in [-0.3, -0.25) is 0 Å². The molecule has 16 heavy (non-hydrogen) atoms. The number of nitrogens with one attached hydrogen (secondary N) is 1. The monoisotopic (exact) mass is 226 g/mol. The molecule has 0 atom stereocenters. The summed E-state index contributed by atoms with van der Waals surface area (Å²) in [6.07, 6.45) is 4.06. The number of nitrogens with zero attached hydrogens (tertiary/aromatic N) is 1. The second-order valence-electron chi connectivity index (χ2n) is 5.83. The minimum absolute atomic E-state index is 0.593.